The number of nitrogens with one attached hydrogen (secondary N) is 1. The largest absolute Gasteiger partial charge is 0.433 e. The minimum atomic E-state index is -4.67. The van der Waals surface area contributed by atoms with Crippen molar-refractivity contribution in [3.8, 4) is 0 Å². The Morgan fingerprint density at radius 2 is 1.79 bits per heavy atom. The van der Waals surface area contributed by atoms with Gasteiger partial charge in [-0.05, 0) is 18.9 Å². The van der Waals surface area contributed by atoms with Gasteiger partial charge in [0.05, 0.1) is 6.04 Å². The molecule has 0 saturated carbocycles. The summed E-state index contributed by atoms with van der Waals surface area (Å²) in [6.07, 6.45) is -4.65. The zero-order valence-corrected chi connectivity index (χ0v) is 16.5. The van der Waals surface area contributed by atoms with Gasteiger partial charge in [-0.2, -0.15) is 18.2 Å². The molecule has 1 aromatic carbocycles. The first-order valence-electron chi connectivity index (χ1n) is 8.83. The number of aromatic nitrogens is 2. The van der Waals surface area contributed by atoms with Crippen molar-refractivity contribution in [3.05, 3.63) is 47.2 Å². The molecule has 1 aromatic heterocycles. The molecule has 1 heterocycles. The van der Waals surface area contributed by atoms with Gasteiger partial charge in [-0.25, -0.2) is 9.78 Å². The first kappa shape index (κ1) is 21.5. The number of benzene rings is 1. The van der Waals surface area contributed by atoms with Crippen LogP contribution in [0.2, 0.25) is 0 Å². The maximum absolute atomic E-state index is 13.7. The lowest BCUT2D eigenvalue weighted by Crippen LogP contribution is -2.41. The summed E-state index contributed by atoms with van der Waals surface area (Å²) in [6, 6.07) is 7.96. The van der Waals surface area contributed by atoms with E-state index < -0.39 is 23.9 Å². The van der Waals surface area contributed by atoms with Crippen LogP contribution in [0.25, 0.3) is 0 Å². The fourth-order valence-corrected chi connectivity index (χ4v) is 2.88. The predicted molar refractivity (Wildman–Crippen MR) is 103 cm³/mol. The van der Waals surface area contributed by atoms with Crippen molar-refractivity contribution in [1.82, 2.24) is 15.3 Å². The number of hydrogen-bond acceptors (Lipinski definition) is 4. The van der Waals surface area contributed by atoms with E-state index in [9.17, 15) is 18.0 Å². The van der Waals surface area contributed by atoms with Crippen LogP contribution in [0.3, 0.4) is 0 Å². The third kappa shape index (κ3) is 4.35. The van der Waals surface area contributed by atoms with Crippen molar-refractivity contribution in [3.63, 3.8) is 0 Å². The molecule has 0 fully saturated rings. The van der Waals surface area contributed by atoms with Crippen LogP contribution in [-0.4, -0.2) is 37.1 Å². The van der Waals surface area contributed by atoms with Gasteiger partial charge in [0, 0.05) is 26.7 Å². The van der Waals surface area contributed by atoms with E-state index in [0.29, 0.717) is 0 Å². The number of carbonyl (C=O) groups excluding carboxylic acids is 1. The molecule has 9 heteroatoms. The number of rotatable bonds is 5. The summed E-state index contributed by atoms with van der Waals surface area (Å²) in [4.78, 5) is 23.3. The first-order valence-corrected chi connectivity index (χ1v) is 8.83. The summed E-state index contributed by atoms with van der Waals surface area (Å²) >= 11 is 0. The Hall–Kier alpha value is -2.84. The lowest BCUT2D eigenvalue weighted by Gasteiger charge is -2.31. The van der Waals surface area contributed by atoms with Crippen molar-refractivity contribution in [2.45, 2.75) is 32.5 Å². The average Bonchev–Trinajstić information content (AvgIpc) is 2.67. The summed E-state index contributed by atoms with van der Waals surface area (Å²) in [6.45, 7) is 3.33. The van der Waals surface area contributed by atoms with Gasteiger partial charge in [-0.1, -0.05) is 37.3 Å². The Kier molecular flexibility index (Phi) is 6.48. The Balaban J connectivity index is 2.77. The molecule has 0 aliphatic rings. The topological polar surface area (TPSA) is 61.4 Å². The minimum absolute atomic E-state index is 0.0207. The molecule has 1 unspecified atom stereocenters. The van der Waals surface area contributed by atoms with Gasteiger partial charge in [0.2, 0.25) is 5.95 Å². The Morgan fingerprint density at radius 3 is 2.25 bits per heavy atom. The van der Waals surface area contributed by atoms with Gasteiger partial charge < -0.3 is 10.2 Å². The van der Waals surface area contributed by atoms with Crippen molar-refractivity contribution >= 4 is 17.8 Å². The molecule has 1 N–H and O–H groups in total. The number of anilines is 2. The van der Waals surface area contributed by atoms with Crippen molar-refractivity contribution in [2.24, 2.45) is 0 Å². The fraction of sp³-hybridized carbons (Fsp3) is 0.421. The molecule has 1 atom stereocenters. The minimum Gasteiger partial charge on any atom is -0.347 e. The highest BCUT2D eigenvalue weighted by atomic mass is 19.4. The molecule has 28 heavy (non-hydrogen) atoms. The molecule has 2 rings (SSSR count). The van der Waals surface area contributed by atoms with E-state index in [1.807, 2.05) is 18.2 Å². The highest BCUT2D eigenvalue weighted by molar-refractivity contribution is 5.92. The molecule has 6 nitrogen and oxygen atoms in total. The van der Waals surface area contributed by atoms with E-state index in [0.717, 1.165) is 5.56 Å². The second-order valence-corrected chi connectivity index (χ2v) is 6.43. The molecule has 0 aliphatic heterocycles. The average molecular weight is 395 g/mol. The zero-order chi connectivity index (χ0) is 21.1. The van der Waals surface area contributed by atoms with Gasteiger partial charge >= 0.3 is 12.2 Å². The Bertz CT molecular complexity index is 824. The van der Waals surface area contributed by atoms with E-state index in [1.165, 1.54) is 16.8 Å². The molecule has 0 saturated heterocycles. The monoisotopic (exact) mass is 395 g/mol. The molecule has 2 amide bonds. The summed E-state index contributed by atoms with van der Waals surface area (Å²) in [5, 5.41) is 2.50. The SMILES string of the molecule is CCc1c(N(C(=O)NC)C(C)c2ccccc2)nc(N(C)C)nc1C(F)(F)F. The molecule has 2 aromatic rings. The number of nitrogens with zero attached hydrogens (tertiary/aromatic N) is 4. The molecule has 152 valence electrons. The smallest absolute Gasteiger partial charge is 0.347 e. The van der Waals surface area contributed by atoms with Gasteiger partial charge in [0.1, 0.15) is 5.82 Å². The third-order valence-electron chi connectivity index (χ3n) is 4.33. The molecular weight excluding hydrogens is 371 g/mol. The Morgan fingerprint density at radius 1 is 1.18 bits per heavy atom. The predicted octanol–water partition coefficient (Wildman–Crippen LogP) is 4.03. The van der Waals surface area contributed by atoms with E-state index >= 15 is 0 Å². The van der Waals surface area contributed by atoms with Crippen LogP contribution < -0.4 is 15.1 Å². The normalized spacial score (nSPS) is 12.4. The standard InChI is InChI=1S/C19H24F3N5O/c1-6-14-15(19(20,21)22)24-17(26(4)5)25-16(14)27(18(28)23-3)12(2)13-10-8-7-9-11-13/h7-12H,6H2,1-5H3,(H,23,28). The van der Waals surface area contributed by atoms with Gasteiger partial charge in [0.15, 0.2) is 5.69 Å². The van der Waals surface area contributed by atoms with Crippen LogP contribution in [-0.2, 0) is 12.6 Å². The van der Waals surface area contributed by atoms with Crippen LogP contribution >= 0.6 is 0 Å². The van der Waals surface area contributed by atoms with Crippen molar-refractivity contribution < 1.29 is 18.0 Å². The van der Waals surface area contributed by atoms with Gasteiger partial charge in [-0.15, -0.1) is 0 Å². The lowest BCUT2D eigenvalue weighted by atomic mass is 10.1. The molecule has 0 aliphatic carbocycles. The number of alkyl halides is 3. The second kappa shape index (κ2) is 8.45. The Labute approximate surface area is 162 Å². The summed E-state index contributed by atoms with van der Waals surface area (Å²) < 4.78 is 41.1. The number of carbonyl (C=O) groups is 1. The number of urea groups is 1. The molecule has 0 spiro atoms. The lowest BCUT2D eigenvalue weighted by molar-refractivity contribution is -0.141. The molecule has 0 bridgehead atoms. The maximum Gasteiger partial charge on any atom is 0.433 e. The second-order valence-electron chi connectivity index (χ2n) is 6.43. The van der Waals surface area contributed by atoms with Gasteiger partial charge in [-0.3, -0.25) is 4.90 Å². The number of halogens is 3. The zero-order valence-electron chi connectivity index (χ0n) is 16.5. The number of amides is 2. The first-order chi connectivity index (χ1) is 13.1. The van der Waals surface area contributed by atoms with Crippen LogP contribution in [0, 0.1) is 0 Å². The van der Waals surface area contributed by atoms with Crippen LogP contribution in [0.1, 0.15) is 36.7 Å². The molecular formula is C19H24F3N5O. The van der Waals surface area contributed by atoms with Crippen molar-refractivity contribution in [1.29, 1.82) is 0 Å². The van der Waals surface area contributed by atoms with Crippen LogP contribution in [0.4, 0.5) is 29.7 Å². The van der Waals surface area contributed by atoms with Crippen LogP contribution in [0.5, 0.6) is 0 Å². The summed E-state index contributed by atoms with van der Waals surface area (Å²) in [5.41, 5.74) is -0.380. The third-order valence-corrected chi connectivity index (χ3v) is 4.33. The van der Waals surface area contributed by atoms with Gasteiger partial charge in [0.25, 0.3) is 0 Å². The highest BCUT2D eigenvalue weighted by Crippen LogP contribution is 2.38. The van der Waals surface area contributed by atoms with E-state index in [4.69, 9.17) is 0 Å². The quantitative estimate of drug-likeness (QED) is 0.830. The highest BCUT2D eigenvalue weighted by Gasteiger charge is 2.39. The maximum atomic E-state index is 13.7. The summed E-state index contributed by atoms with van der Waals surface area (Å²) in [7, 11) is 4.53. The fourth-order valence-electron chi connectivity index (χ4n) is 2.88. The molecule has 0 radical (unpaired) electrons. The number of hydrogen-bond donors (Lipinski definition) is 1. The van der Waals surface area contributed by atoms with E-state index in [1.54, 1.807) is 40.1 Å². The van der Waals surface area contributed by atoms with E-state index in [2.05, 4.69) is 15.3 Å². The van der Waals surface area contributed by atoms with E-state index in [-0.39, 0.29) is 23.8 Å². The summed E-state index contributed by atoms with van der Waals surface area (Å²) in [5.74, 6) is -0.169. The van der Waals surface area contributed by atoms with Crippen LogP contribution in [0.15, 0.2) is 30.3 Å². The van der Waals surface area contributed by atoms with Crippen molar-refractivity contribution in [2.75, 3.05) is 30.9 Å².